The maximum Gasteiger partial charge on any atom is 0.391 e. The van der Waals surface area contributed by atoms with Crippen molar-refractivity contribution in [2.24, 2.45) is 11.8 Å². The number of likely N-dealkylation sites (tertiary alicyclic amines) is 2. The number of rotatable bonds is 6. The minimum Gasteiger partial charge on any atom is -0.481 e. The Balaban J connectivity index is 1.39. The molecule has 8 nitrogen and oxygen atoms in total. The number of hydrogen-bond acceptors (Lipinski definition) is 7. The molecule has 3 aliphatic heterocycles. The van der Waals surface area contributed by atoms with Crippen LogP contribution in [0.3, 0.4) is 0 Å². The summed E-state index contributed by atoms with van der Waals surface area (Å²) in [7, 11) is 5.50. The number of carbonyl (C=O) groups is 1. The summed E-state index contributed by atoms with van der Waals surface area (Å²) in [6.07, 6.45) is -4.12. The fourth-order valence-electron chi connectivity index (χ4n) is 6.87. The number of aliphatic hydroxyl groups is 1. The average Bonchev–Trinajstić information content (AvgIpc) is 3.25. The van der Waals surface area contributed by atoms with Gasteiger partial charge in [-0.1, -0.05) is 23.7 Å². The first-order chi connectivity index (χ1) is 20.8. The van der Waals surface area contributed by atoms with Gasteiger partial charge in [-0.3, -0.25) is 9.69 Å². The highest BCUT2D eigenvalue weighted by Crippen LogP contribution is 2.45. The van der Waals surface area contributed by atoms with Crippen molar-refractivity contribution in [2.75, 3.05) is 52.4 Å². The number of methoxy groups -OCH3 is 1. The Labute approximate surface area is 259 Å². The second-order valence-corrected chi connectivity index (χ2v) is 12.7. The number of alkyl halides is 3. The molecular weight excluding hydrogens is 595 g/mol. The molecule has 0 radical (unpaired) electrons. The second-order valence-electron chi connectivity index (χ2n) is 12.3. The van der Waals surface area contributed by atoms with Crippen LogP contribution in [0, 0.1) is 11.8 Å². The lowest BCUT2D eigenvalue weighted by molar-refractivity contribution is -0.185. The van der Waals surface area contributed by atoms with Gasteiger partial charge in [0, 0.05) is 64.1 Å². The molecule has 2 fully saturated rings. The smallest absolute Gasteiger partial charge is 0.391 e. The normalized spacial score (nSPS) is 20.1. The molecule has 1 atom stereocenters. The van der Waals surface area contributed by atoms with E-state index in [0.717, 1.165) is 16.8 Å². The summed E-state index contributed by atoms with van der Waals surface area (Å²) in [5, 5.41) is 17.8. The summed E-state index contributed by atoms with van der Waals surface area (Å²) in [5.41, 5.74) is 3.28. The lowest BCUT2D eigenvalue weighted by Crippen LogP contribution is -2.58. The van der Waals surface area contributed by atoms with Gasteiger partial charge in [-0.15, -0.1) is 0 Å². The Kier molecular flexibility index (Phi) is 7.97. The number of amides is 1. The molecular formula is C32H37ClF3N5O3. The van der Waals surface area contributed by atoms with E-state index >= 15 is 0 Å². The minimum absolute atomic E-state index is 0.0344. The Morgan fingerprint density at radius 1 is 1.07 bits per heavy atom. The number of anilines is 1. The summed E-state index contributed by atoms with van der Waals surface area (Å²) in [6.45, 7) is 3.93. The van der Waals surface area contributed by atoms with Crippen LogP contribution in [0.1, 0.15) is 42.0 Å². The molecule has 2 saturated heterocycles. The van der Waals surface area contributed by atoms with Crippen LogP contribution in [0.25, 0.3) is 10.9 Å². The molecule has 3 aromatic rings. The molecule has 3 aliphatic rings. The number of pyridine rings is 1. The van der Waals surface area contributed by atoms with Crippen LogP contribution in [0.15, 0.2) is 36.4 Å². The molecule has 236 valence electrons. The summed E-state index contributed by atoms with van der Waals surface area (Å²) in [5.74, 6) is -1.26. The number of piperidine rings is 1. The number of hydrazine groups is 1. The lowest BCUT2D eigenvalue weighted by atomic mass is 9.72. The van der Waals surface area contributed by atoms with E-state index in [-0.39, 0.29) is 24.7 Å². The van der Waals surface area contributed by atoms with Crippen LogP contribution < -0.4 is 9.75 Å². The van der Waals surface area contributed by atoms with Crippen molar-refractivity contribution in [1.82, 2.24) is 19.8 Å². The van der Waals surface area contributed by atoms with Gasteiger partial charge in [0.25, 0.3) is 0 Å². The number of fused-ring (bicyclic) bond motifs is 2. The van der Waals surface area contributed by atoms with E-state index in [1.807, 2.05) is 49.3 Å². The van der Waals surface area contributed by atoms with Crippen LogP contribution in [0.2, 0.25) is 5.02 Å². The van der Waals surface area contributed by atoms with Gasteiger partial charge < -0.3 is 19.8 Å². The third kappa shape index (κ3) is 5.27. The van der Waals surface area contributed by atoms with Gasteiger partial charge in [0.2, 0.25) is 11.8 Å². The predicted molar refractivity (Wildman–Crippen MR) is 162 cm³/mol. The zero-order chi connectivity index (χ0) is 31.6. The Morgan fingerprint density at radius 3 is 2.36 bits per heavy atom. The highest BCUT2D eigenvalue weighted by molar-refractivity contribution is 6.36. The topological polar surface area (TPSA) is 72.4 Å². The van der Waals surface area contributed by atoms with E-state index in [2.05, 4.69) is 15.0 Å². The molecule has 1 aromatic heterocycles. The Hall–Kier alpha value is -3.12. The van der Waals surface area contributed by atoms with Gasteiger partial charge in [0.1, 0.15) is 5.60 Å². The van der Waals surface area contributed by atoms with Crippen molar-refractivity contribution in [3.8, 4) is 5.88 Å². The third-order valence-corrected chi connectivity index (χ3v) is 10.2. The van der Waals surface area contributed by atoms with Crippen LogP contribution >= 0.6 is 11.6 Å². The summed E-state index contributed by atoms with van der Waals surface area (Å²) >= 11 is 7.04. The average molecular weight is 632 g/mol. The molecule has 0 spiro atoms. The molecule has 2 aromatic carbocycles. The van der Waals surface area contributed by atoms with Crippen molar-refractivity contribution in [3.63, 3.8) is 0 Å². The number of nitrogens with zero attached hydrogens (tertiary/aromatic N) is 5. The van der Waals surface area contributed by atoms with Crippen LogP contribution in [0.4, 0.5) is 18.9 Å². The first-order valence-corrected chi connectivity index (χ1v) is 15.2. The van der Waals surface area contributed by atoms with Crippen LogP contribution in [-0.4, -0.2) is 84.4 Å². The van der Waals surface area contributed by atoms with Crippen molar-refractivity contribution in [1.29, 1.82) is 0 Å². The molecule has 0 aliphatic carbocycles. The van der Waals surface area contributed by atoms with E-state index in [1.54, 1.807) is 11.0 Å². The number of benzene rings is 2. The summed E-state index contributed by atoms with van der Waals surface area (Å²) < 4.78 is 45.3. The maximum absolute atomic E-state index is 13.2. The van der Waals surface area contributed by atoms with Crippen molar-refractivity contribution in [2.45, 2.75) is 44.6 Å². The molecule has 12 heteroatoms. The Morgan fingerprint density at radius 2 is 1.73 bits per heavy atom. The highest BCUT2D eigenvalue weighted by Gasteiger charge is 2.48. The standard InChI is InChI=1S/C32H37ClF3N5O3/c1-19(42)41-16-24(17-41)31(43,22-6-8-28-20(13-22)15-38(2)39(28)3)23-5-7-27-25(14-23)29(33)26(30(37-27)44-4)18-40-11-9-21(10-12-40)32(34,35)36/h5-8,13-14,21,24,43H,9-12,15-18H2,1-4H3. The lowest BCUT2D eigenvalue weighted by Gasteiger charge is -2.48. The molecule has 1 N–H and O–H groups in total. The summed E-state index contributed by atoms with van der Waals surface area (Å²) in [6, 6.07) is 11.5. The van der Waals surface area contributed by atoms with Crippen LogP contribution in [-0.2, 0) is 23.5 Å². The fourth-order valence-corrected chi connectivity index (χ4v) is 7.16. The fraction of sp³-hybridized carbons (Fsp3) is 0.500. The third-order valence-electron chi connectivity index (χ3n) is 9.74. The molecule has 4 heterocycles. The zero-order valence-electron chi connectivity index (χ0n) is 25.3. The van der Waals surface area contributed by atoms with Crippen LogP contribution in [0.5, 0.6) is 5.88 Å². The number of halogens is 4. The molecule has 0 saturated carbocycles. The van der Waals surface area contributed by atoms with E-state index in [1.165, 1.54) is 14.0 Å². The molecule has 0 bridgehead atoms. The zero-order valence-corrected chi connectivity index (χ0v) is 26.0. The van der Waals surface area contributed by atoms with Crippen molar-refractivity contribution < 1.29 is 27.8 Å². The SMILES string of the molecule is COc1nc2ccc(C(O)(c3ccc4c(c3)CN(C)N4C)C3CN(C(C)=O)C3)cc2c(Cl)c1CN1CCC(C(F)(F)F)CC1. The number of ether oxygens (including phenoxy) is 1. The minimum atomic E-state index is -4.19. The van der Waals surface area contributed by atoms with E-state index in [0.29, 0.717) is 72.2 Å². The van der Waals surface area contributed by atoms with Crippen molar-refractivity contribution in [3.05, 3.63) is 63.7 Å². The van der Waals surface area contributed by atoms with Gasteiger partial charge in [0.15, 0.2) is 0 Å². The first-order valence-electron chi connectivity index (χ1n) is 14.8. The number of aromatic nitrogens is 1. The number of carbonyl (C=O) groups excluding carboxylic acids is 1. The maximum atomic E-state index is 13.2. The van der Waals surface area contributed by atoms with Crippen molar-refractivity contribution >= 4 is 34.1 Å². The molecule has 1 unspecified atom stereocenters. The first kappa shape index (κ1) is 30.9. The second kappa shape index (κ2) is 11.3. The molecule has 1 amide bonds. The quantitative estimate of drug-likeness (QED) is 0.402. The van der Waals surface area contributed by atoms with Gasteiger partial charge in [-0.05, 0) is 66.9 Å². The monoisotopic (exact) mass is 631 g/mol. The predicted octanol–water partition coefficient (Wildman–Crippen LogP) is 5.18. The largest absolute Gasteiger partial charge is 0.481 e. The van der Waals surface area contributed by atoms with Gasteiger partial charge >= 0.3 is 6.18 Å². The molecule has 44 heavy (non-hydrogen) atoms. The van der Waals surface area contributed by atoms with Gasteiger partial charge in [-0.2, -0.15) is 13.2 Å². The van der Waals surface area contributed by atoms with Gasteiger partial charge in [0.05, 0.1) is 29.3 Å². The summed E-state index contributed by atoms with van der Waals surface area (Å²) in [4.78, 5) is 20.4. The Bertz CT molecular complexity index is 1590. The van der Waals surface area contributed by atoms with E-state index in [9.17, 15) is 23.1 Å². The number of hydrogen-bond donors (Lipinski definition) is 1. The van der Waals surface area contributed by atoms with E-state index in [4.69, 9.17) is 16.3 Å². The highest BCUT2D eigenvalue weighted by atomic mass is 35.5. The van der Waals surface area contributed by atoms with Gasteiger partial charge in [-0.25, -0.2) is 9.99 Å². The molecule has 6 rings (SSSR count). The van der Waals surface area contributed by atoms with E-state index < -0.39 is 17.7 Å².